The van der Waals surface area contributed by atoms with Gasteiger partial charge in [-0.25, -0.2) is 0 Å². The third kappa shape index (κ3) is 5.19. The van der Waals surface area contributed by atoms with Gasteiger partial charge in [0.15, 0.2) is 0 Å². The highest BCUT2D eigenvalue weighted by molar-refractivity contribution is 6.30. The van der Waals surface area contributed by atoms with Crippen molar-refractivity contribution >= 4 is 17.5 Å². The molecule has 1 saturated heterocycles. The lowest BCUT2D eigenvalue weighted by Gasteiger charge is -2.26. The Morgan fingerprint density at radius 3 is 2.63 bits per heavy atom. The van der Waals surface area contributed by atoms with Gasteiger partial charge in [0.05, 0.1) is 19.6 Å². The van der Waals surface area contributed by atoms with E-state index in [0.29, 0.717) is 18.0 Å². The fourth-order valence-corrected chi connectivity index (χ4v) is 2.15. The zero-order valence-electron chi connectivity index (χ0n) is 10.9. The van der Waals surface area contributed by atoms with Gasteiger partial charge in [-0.05, 0) is 17.7 Å². The predicted molar refractivity (Wildman–Crippen MR) is 75.4 cm³/mol. The fraction of sp³-hybridized carbons (Fsp3) is 0.500. The predicted octanol–water partition coefficient (Wildman–Crippen LogP) is 1.33. The SMILES string of the molecule is O=C(Cc1ccc(Cl)cc1)NCCN1CCOCC1. The van der Waals surface area contributed by atoms with Crippen LogP contribution in [0.25, 0.3) is 0 Å². The van der Waals surface area contributed by atoms with Crippen LogP contribution in [-0.2, 0) is 16.0 Å². The summed E-state index contributed by atoms with van der Waals surface area (Å²) in [6.07, 6.45) is 0.403. The summed E-state index contributed by atoms with van der Waals surface area (Å²) in [4.78, 5) is 14.0. The second-order valence-electron chi connectivity index (χ2n) is 4.61. The molecule has 1 N–H and O–H groups in total. The first-order valence-electron chi connectivity index (χ1n) is 6.55. The summed E-state index contributed by atoms with van der Waals surface area (Å²) in [6, 6.07) is 7.36. The van der Waals surface area contributed by atoms with E-state index in [4.69, 9.17) is 16.3 Å². The maximum absolute atomic E-state index is 11.8. The molecule has 0 bridgehead atoms. The zero-order valence-corrected chi connectivity index (χ0v) is 11.7. The smallest absolute Gasteiger partial charge is 0.224 e. The van der Waals surface area contributed by atoms with Crippen LogP contribution >= 0.6 is 11.6 Å². The molecule has 0 aromatic heterocycles. The van der Waals surface area contributed by atoms with Gasteiger partial charge in [0.1, 0.15) is 0 Å². The minimum atomic E-state index is 0.0515. The molecule has 0 aliphatic carbocycles. The number of benzene rings is 1. The molecule has 0 unspecified atom stereocenters. The molecule has 0 spiro atoms. The molecule has 5 heteroatoms. The van der Waals surface area contributed by atoms with Crippen LogP contribution in [0.3, 0.4) is 0 Å². The molecular formula is C14H19ClN2O2. The van der Waals surface area contributed by atoms with Crippen molar-refractivity contribution < 1.29 is 9.53 Å². The molecule has 1 aliphatic heterocycles. The van der Waals surface area contributed by atoms with E-state index in [-0.39, 0.29) is 5.91 Å². The van der Waals surface area contributed by atoms with Gasteiger partial charge in [0, 0.05) is 31.2 Å². The van der Waals surface area contributed by atoms with Crippen LogP contribution in [0.5, 0.6) is 0 Å². The lowest BCUT2D eigenvalue weighted by Crippen LogP contribution is -2.41. The summed E-state index contributed by atoms with van der Waals surface area (Å²) in [7, 11) is 0. The van der Waals surface area contributed by atoms with E-state index >= 15 is 0 Å². The van der Waals surface area contributed by atoms with Gasteiger partial charge < -0.3 is 10.1 Å². The molecule has 1 fully saturated rings. The first-order chi connectivity index (χ1) is 9.24. The number of hydrogen-bond acceptors (Lipinski definition) is 3. The fourth-order valence-electron chi connectivity index (χ4n) is 2.03. The molecule has 1 aromatic carbocycles. The topological polar surface area (TPSA) is 41.6 Å². The van der Waals surface area contributed by atoms with Crippen molar-refractivity contribution in [3.8, 4) is 0 Å². The Morgan fingerprint density at radius 2 is 1.95 bits per heavy atom. The van der Waals surface area contributed by atoms with Gasteiger partial charge >= 0.3 is 0 Å². The van der Waals surface area contributed by atoms with E-state index in [2.05, 4.69) is 10.2 Å². The Labute approximate surface area is 118 Å². The van der Waals surface area contributed by atoms with Crippen molar-refractivity contribution in [1.82, 2.24) is 10.2 Å². The van der Waals surface area contributed by atoms with Crippen LogP contribution in [-0.4, -0.2) is 50.2 Å². The van der Waals surface area contributed by atoms with Crippen molar-refractivity contribution in [2.24, 2.45) is 0 Å². The highest BCUT2D eigenvalue weighted by Crippen LogP contribution is 2.09. The minimum Gasteiger partial charge on any atom is -0.379 e. The van der Waals surface area contributed by atoms with Crippen molar-refractivity contribution in [2.45, 2.75) is 6.42 Å². The summed E-state index contributed by atoms with van der Waals surface area (Å²) < 4.78 is 5.28. The number of halogens is 1. The van der Waals surface area contributed by atoms with Crippen LogP contribution in [0.2, 0.25) is 5.02 Å². The monoisotopic (exact) mass is 282 g/mol. The average Bonchev–Trinajstić information content (AvgIpc) is 2.43. The van der Waals surface area contributed by atoms with Crippen molar-refractivity contribution in [3.05, 3.63) is 34.9 Å². The Hall–Kier alpha value is -1.10. The van der Waals surface area contributed by atoms with Crippen molar-refractivity contribution in [2.75, 3.05) is 39.4 Å². The van der Waals surface area contributed by atoms with E-state index in [9.17, 15) is 4.79 Å². The maximum atomic E-state index is 11.8. The highest BCUT2D eigenvalue weighted by atomic mass is 35.5. The first kappa shape index (κ1) is 14.3. The lowest BCUT2D eigenvalue weighted by molar-refractivity contribution is -0.120. The molecule has 1 heterocycles. The van der Waals surface area contributed by atoms with E-state index in [1.54, 1.807) is 12.1 Å². The number of nitrogens with zero attached hydrogens (tertiary/aromatic N) is 1. The third-order valence-corrected chi connectivity index (χ3v) is 3.38. The van der Waals surface area contributed by atoms with E-state index < -0.39 is 0 Å². The number of hydrogen-bond donors (Lipinski definition) is 1. The molecule has 0 atom stereocenters. The van der Waals surface area contributed by atoms with Crippen molar-refractivity contribution in [3.63, 3.8) is 0 Å². The molecule has 19 heavy (non-hydrogen) atoms. The third-order valence-electron chi connectivity index (χ3n) is 3.13. The molecule has 0 saturated carbocycles. The summed E-state index contributed by atoms with van der Waals surface area (Å²) in [6.45, 7) is 5.06. The molecule has 104 valence electrons. The van der Waals surface area contributed by atoms with Gasteiger partial charge in [-0.1, -0.05) is 23.7 Å². The Balaban J connectivity index is 1.65. The van der Waals surface area contributed by atoms with Crippen LogP contribution in [0.15, 0.2) is 24.3 Å². The summed E-state index contributed by atoms with van der Waals surface area (Å²) in [5.41, 5.74) is 0.980. The molecule has 1 aromatic rings. The summed E-state index contributed by atoms with van der Waals surface area (Å²) in [5, 5.41) is 3.63. The number of rotatable bonds is 5. The van der Waals surface area contributed by atoms with Crippen LogP contribution < -0.4 is 5.32 Å². The highest BCUT2D eigenvalue weighted by Gasteiger charge is 2.10. The van der Waals surface area contributed by atoms with E-state index in [1.807, 2.05) is 12.1 Å². The van der Waals surface area contributed by atoms with Gasteiger partial charge in [0.25, 0.3) is 0 Å². The van der Waals surface area contributed by atoms with Gasteiger partial charge in [-0.2, -0.15) is 0 Å². The number of carbonyl (C=O) groups is 1. The van der Waals surface area contributed by atoms with E-state index in [0.717, 1.165) is 38.4 Å². The second-order valence-corrected chi connectivity index (χ2v) is 5.04. The molecule has 2 rings (SSSR count). The zero-order chi connectivity index (χ0) is 13.5. The number of ether oxygens (including phenoxy) is 1. The number of nitrogens with one attached hydrogen (secondary N) is 1. The number of morpholine rings is 1. The summed E-state index contributed by atoms with van der Waals surface area (Å²) >= 11 is 5.80. The van der Waals surface area contributed by atoms with Crippen molar-refractivity contribution in [1.29, 1.82) is 0 Å². The molecule has 1 amide bonds. The van der Waals surface area contributed by atoms with Crippen LogP contribution in [0.4, 0.5) is 0 Å². The average molecular weight is 283 g/mol. The number of amides is 1. The largest absolute Gasteiger partial charge is 0.379 e. The molecular weight excluding hydrogens is 264 g/mol. The normalized spacial score (nSPS) is 16.3. The van der Waals surface area contributed by atoms with E-state index in [1.165, 1.54) is 0 Å². The molecule has 0 radical (unpaired) electrons. The van der Waals surface area contributed by atoms with Gasteiger partial charge in [-0.3, -0.25) is 9.69 Å². The molecule has 4 nitrogen and oxygen atoms in total. The lowest BCUT2D eigenvalue weighted by atomic mass is 10.1. The first-order valence-corrected chi connectivity index (χ1v) is 6.93. The Morgan fingerprint density at radius 1 is 1.26 bits per heavy atom. The van der Waals surface area contributed by atoms with Crippen LogP contribution in [0.1, 0.15) is 5.56 Å². The second kappa shape index (κ2) is 7.48. The van der Waals surface area contributed by atoms with Gasteiger partial charge in [0.2, 0.25) is 5.91 Å². The molecule has 1 aliphatic rings. The number of carbonyl (C=O) groups excluding carboxylic acids is 1. The summed E-state index contributed by atoms with van der Waals surface area (Å²) in [5.74, 6) is 0.0515. The minimum absolute atomic E-state index is 0.0515. The maximum Gasteiger partial charge on any atom is 0.224 e. The Bertz CT molecular complexity index is 402. The standard InChI is InChI=1S/C14H19ClN2O2/c15-13-3-1-12(2-4-13)11-14(18)16-5-6-17-7-9-19-10-8-17/h1-4H,5-11H2,(H,16,18). The van der Waals surface area contributed by atoms with Gasteiger partial charge in [-0.15, -0.1) is 0 Å². The van der Waals surface area contributed by atoms with Crippen LogP contribution in [0, 0.1) is 0 Å². The quantitative estimate of drug-likeness (QED) is 0.886. The Kier molecular flexibility index (Phi) is 5.63.